The average molecular weight is 329 g/mol. The van der Waals surface area contributed by atoms with Crippen LogP contribution in [0.25, 0.3) is 0 Å². The fraction of sp³-hybridized carbons (Fsp3) is 0.467. The molecule has 5 nitrogen and oxygen atoms in total. The molecule has 1 atom stereocenters. The summed E-state index contributed by atoms with van der Waals surface area (Å²) in [6.07, 6.45) is -0.0354. The maximum absolute atomic E-state index is 11.9. The Morgan fingerprint density at radius 1 is 1.27 bits per heavy atom. The maximum atomic E-state index is 11.9. The van der Waals surface area contributed by atoms with Crippen molar-refractivity contribution in [3.8, 4) is 0 Å². The Kier molecular flexibility index (Phi) is 9.06. The molecule has 0 aromatic heterocycles. The molecular formula is C15H20FNO4S. The highest BCUT2D eigenvalue weighted by molar-refractivity contribution is 7.99. The van der Waals surface area contributed by atoms with Gasteiger partial charge in [0.05, 0.1) is 6.67 Å². The van der Waals surface area contributed by atoms with E-state index in [9.17, 15) is 14.0 Å². The van der Waals surface area contributed by atoms with Crippen LogP contribution < -0.4 is 5.32 Å². The zero-order valence-corrected chi connectivity index (χ0v) is 13.0. The van der Waals surface area contributed by atoms with E-state index in [1.54, 1.807) is 0 Å². The van der Waals surface area contributed by atoms with Gasteiger partial charge in [0.1, 0.15) is 12.6 Å². The zero-order chi connectivity index (χ0) is 16.2. The Balaban J connectivity index is 2.29. The molecule has 0 spiro atoms. The van der Waals surface area contributed by atoms with Crippen molar-refractivity contribution < 1.29 is 23.8 Å². The number of carboxylic acids is 1. The Hall–Kier alpha value is -1.76. The van der Waals surface area contributed by atoms with Crippen molar-refractivity contribution in [2.24, 2.45) is 0 Å². The number of thioether (sulfide) groups is 1. The number of rotatable bonds is 10. The number of alkyl carbamates (subject to hydrolysis) is 1. The van der Waals surface area contributed by atoms with E-state index >= 15 is 0 Å². The van der Waals surface area contributed by atoms with Crippen LogP contribution in [0.2, 0.25) is 0 Å². The first-order valence-electron chi connectivity index (χ1n) is 6.97. The summed E-state index contributed by atoms with van der Waals surface area (Å²) in [5.41, 5.74) is 0.825. The van der Waals surface area contributed by atoms with Gasteiger partial charge in [0.15, 0.2) is 0 Å². The van der Waals surface area contributed by atoms with Gasteiger partial charge >= 0.3 is 12.1 Å². The van der Waals surface area contributed by atoms with Gasteiger partial charge in [-0.2, -0.15) is 11.8 Å². The molecule has 1 rings (SSSR count). The maximum Gasteiger partial charge on any atom is 0.408 e. The molecule has 1 unspecified atom stereocenters. The van der Waals surface area contributed by atoms with Gasteiger partial charge in [-0.1, -0.05) is 30.3 Å². The summed E-state index contributed by atoms with van der Waals surface area (Å²) in [5.74, 6) is 0.0692. The molecular weight excluding hydrogens is 309 g/mol. The number of carboxylic acid groups (broad SMARTS) is 1. The van der Waals surface area contributed by atoms with Crippen LogP contribution in [0.1, 0.15) is 18.4 Å². The van der Waals surface area contributed by atoms with E-state index in [0.717, 1.165) is 5.56 Å². The van der Waals surface area contributed by atoms with Gasteiger partial charge in [0.25, 0.3) is 0 Å². The molecule has 0 heterocycles. The van der Waals surface area contributed by atoms with E-state index in [1.807, 2.05) is 30.3 Å². The number of alkyl halides is 1. The number of hydrogen-bond acceptors (Lipinski definition) is 4. The fourth-order valence-electron chi connectivity index (χ4n) is 1.62. The Morgan fingerprint density at radius 3 is 2.64 bits per heavy atom. The monoisotopic (exact) mass is 329 g/mol. The lowest BCUT2D eigenvalue weighted by Gasteiger charge is -2.14. The number of hydrogen-bond donors (Lipinski definition) is 2. The highest BCUT2D eigenvalue weighted by Gasteiger charge is 2.20. The molecule has 0 bridgehead atoms. The smallest absolute Gasteiger partial charge is 0.408 e. The lowest BCUT2D eigenvalue weighted by atomic mass is 10.2. The van der Waals surface area contributed by atoms with Crippen molar-refractivity contribution in [3.63, 3.8) is 0 Å². The number of aliphatic carboxylic acids is 1. The first-order valence-corrected chi connectivity index (χ1v) is 8.12. The van der Waals surface area contributed by atoms with Crippen LogP contribution in [0.5, 0.6) is 0 Å². The molecule has 1 aromatic rings. The summed E-state index contributed by atoms with van der Waals surface area (Å²) in [7, 11) is 0. The Bertz CT molecular complexity index is 458. The number of carbonyl (C=O) groups excluding carboxylic acids is 1. The van der Waals surface area contributed by atoms with Gasteiger partial charge in [-0.25, -0.2) is 9.59 Å². The first-order chi connectivity index (χ1) is 10.6. The van der Waals surface area contributed by atoms with Crippen molar-refractivity contribution in [2.45, 2.75) is 25.5 Å². The van der Waals surface area contributed by atoms with Crippen molar-refractivity contribution in [2.75, 3.05) is 18.2 Å². The van der Waals surface area contributed by atoms with Gasteiger partial charge in [-0.05, 0) is 29.9 Å². The minimum atomic E-state index is -1.11. The quantitative estimate of drug-likeness (QED) is 0.646. The van der Waals surface area contributed by atoms with Crippen molar-refractivity contribution in [1.29, 1.82) is 0 Å². The van der Waals surface area contributed by atoms with Crippen LogP contribution in [0.4, 0.5) is 9.18 Å². The van der Waals surface area contributed by atoms with E-state index in [2.05, 4.69) is 5.32 Å². The number of amides is 1. The summed E-state index contributed by atoms with van der Waals surface area (Å²) in [4.78, 5) is 22.7. The Labute approximate surface area is 133 Å². The SMILES string of the molecule is O=C(NC(CCSCCCF)C(=O)O)OCc1ccccc1. The highest BCUT2D eigenvalue weighted by Crippen LogP contribution is 2.08. The van der Waals surface area contributed by atoms with Crippen LogP contribution >= 0.6 is 11.8 Å². The average Bonchev–Trinajstić information content (AvgIpc) is 2.52. The first kappa shape index (κ1) is 18.3. The number of carbonyl (C=O) groups is 2. The molecule has 2 N–H and O–H groups in total. The van der Waals surface area contributed by atoms with Gasteiger partial charge in [0.2, 0.25) is 0 Å². The summed E-state index contributed by atoms with van der Waals surface area (Å²) in [6.45, 7) is -0.288. The topological polar surface area (TPSA) is 75.6 Å². The lowest BCUT2D eigenvalue weighted by Crippen LogP contribution is -2.41. The minimum absolute atomic E-state index is 0.0876. The molecule has 0 saturated heterocycles. The molecule has 0 aliphatic heterocycles. The van der Waals surface area contributed by atoms with Gasteiger partial charge in [-0.3, -0.25) is 4.39 Å². The number of halogens is 1. The summed E-state index contributed by atoms with van der Waals surface area (Å²) < 4.78 is 16.9. The van der Waals surface area contributed by atoms with Crippen LogP contribution in [-0.4, -0.2) is 41.4 Å². The second kappa shape index (κ2) is 10.9. The zero-order valence-electron chi connectivity index (χ0n) is 12.2. The van der Waals surface area contributed by atoms with Gasteiger partial charge in [-0.15, -0.1) is 0 Å². The molecule has 0 aliphatic rings. The van der Waals surface area contributed by atoms with E-state index in [1.165, 1.54) is 11.8 Å². The minimum Gasteiger partial charge on any atom is -0.480 e. The number of benzene rings is 1. The van der Waals surface area contributed by atoms with Crippen LogP contribution in [0.15, 0.2) is 30.3 Å². The summed E-state index contributed by atoms with van der Waals surface area (Å²) >= 11 is 1.47. The number of nitrogens with one attached hydrogen (secondary N) is 1. The molecule has 0 aliphatic carbocycles. The van der Waals surface area contributed by atoms with Crippen molar-refractivity contribution in [1.82, 2.24) is 5.32 Å². The molecule has 22 heavy (non-hydrogen) atoms. The largest absolute Gasteiger partial charge is 0.480 e. The van der Waals surface area contributed by atoms with E-state index < -0.39 is 18.1 Å². The van der Waals surface area contributed by atoms with E-state index in [-0.39, 0.29) is 19.7 Å². The predicted octanol–water partition coefficient (Wildman–Crippen LogP) is 2.85. The third-order valence-electron chi connectivity index (χ3n) is 2.78. The summed E-state index contributed by atoms with van der Waals surface area (Å²) in [6, 6.07) is 8.12. The predicted molar refractivity (Wildman–Crippen MR) is 83.7 cm³/mol. The lowest BCUT2D eigenvalue weighted by molar-refractivity contribution is -0.139. The molecule has 0 saturated carbocycles. The van der Waals surface area contributed by atoms with Gasteiger partial charge in [0, 0.05) is 0 Å². The standard InChI is InChI=1S/C15H20FNO4S/c16-8-4-9-22-10-7-13(14(18)19)17-15(20)21-11-12-5-2-1-3-6-12/h1-3,5-6,13H,4,7-11H2,(H,17,20)(H,18,19). The second-order valence-electron chi connectivity index (χ2n) is 4.54. The number of ether oxygens (including phenoxy) is 1. The van der Waals surface area contributed by atoms with Crippen LogP contribution in [0, 0.1) is 0 Å². The molecule has 1 aromatic carbocycles. The van der Waals surface area contributed by atoms with E-state index in [0.29, 0.717) is 17.9 Å². The Morgan fingerprint density at radius 2 is 2.00 bits per heavy atom. The molecule has 1 amide bonds. The fourth-order valence-corrected chi connectivity index (χ4v) is 2.54. The van der Waals surface area contributed by atoms with Crippen molar-refractivity contribution >= 4 is 23.8 Å². The van der Waals surface area contributed by atoms with E-state index in [4.69, 9.17) is 9.84 Å². The summed E-state index contributed by atoms with van der Waals surface area (Å²) in [5, 5.41) is 11.4. The third-order valence-corrected chi connectivity index (χ3v) is 3.88. The van der Waals surface area contributed by atoms with Crippen LogP contribution in [0.3, 0.4) is 0 Å². The molecule has 122 valence electrons. The highest BCUT2D eigenvalue weighted by atomic mass is 32.2. The second-order valence-corrected chi connectivity index (χ2v) is 5.77. The third kappa shape index (κ3) is 7.87. The normalized spacial score (nSPS) is 11.7. The van der Waals surface area contributed by atoms with Crippen LogP contribution in [-0.2, 0) is 16.1 Å². The molecule has 7 heteroatoms. The van der Waals surface area contributed by atoms with Crippen molar-refractivity contribution in [3.05, 3.63) is 35.9 Å². The molecule has 0 radical (unpaired) electrons. The molecule has 0 fully saturated rings. The van der Waals surface area contributed by atoms with Gasteiger partial charge < -0.3 is 15.2 Å².